The number of amides is 3. The molecule has 0 radical (unpaired) electrons. The molecule has 5 nitrogen and oxygen atoms in total. The number of nitrogens with one attached hydrogen (secondary N) is 1. The number of thiazole rings is 1. The average Bonchev–Trinajstić information content (AvgIpc) is 2.70. The van der Waals surface area contributed by atoms with E-state index in [4.69, 9.17) is 0 Å². The Morgan fingerprint density at radius 3 is 2.56 bits per heavy atom. The lowest BCUT2D eigenvalue weighted by Crippen LogP contribution is -2.52. The lowest BCUT2D eigenvalue weighted by atomic mass is 9.77. The minimum absolute atomic E-state index is 0.0794. The fourth-order valence-corrected chi connectivity index (χ4v) is 3.35. The summed E-state index contributed by atoms with van der Waals surface area (Å²) in [6, 6.07) is -0.273. The standard InChI is InChI=1S/C12H15N3O2S/c1-7-8(2)18-9(13-7)6-15-10(16)12(4-3-5-12)14-11(15)17/h3-6H2,1-2H3,(H,14,17). The first-order valence-electron chi connectivity index (χ1n) is 6.09. The molecule has 1 aromatic rings. The molecule has 3 rings (SSSR count). The number of aryl methyl sites for hydroxylation is 2. The largest absolute Gasteiger partial charge is 0.325 e. The molecule has 2 heterocycles. The molecule has 1 N–H and O–H groups in total. The van der Waals surface area contributed by atoms with Gasteiger partial charge in [-0.05, 0) is 33.1 Å². The lowest BCUT2D eigenvalue weighted by molar-refractivity contribution is -0.134. The molecule has 96 valence electrons. The highest BCUT2D eigenvalue weighted by Gasteiger charge is 2.54. The van der Waals surface area contributed by atoms with Crippen LogP contribution >= 0.6 is 11.3 Å². The third-order valence-corrected chi connectivity index (χ3v) is 4.88. The van der Waals surface area contributed by atoms with E-state index in [1.807, 2.05) is 13.8 Å². The van der Waals surface area contributed by atoms with E-state index in [0.717, 1.165) is 34.8 Å². The van der Waals surface area contributed by atoms with Gasteiger partial charge in [0.25, 0.3) is 5.91 Å². The van der Waals surface area contributed by atoms with Crippen molar-refractivity contribution < 1.29 is 9.59 Å². The second-order valence-electron chi connectivity index (χ2n) is 5.01. The smallest absolute Gasteiger partial charge is 0.323 e. The SMILES string of the molecule is Cc1nc(CN2C(=O)NC3(CCC3)C2=O)sc1C. The molecule has 0 aromatic carbocycles. The zero-order valence-corrected chi connectivity index (χ0v) is 11.3. The van der Waals surface area contributed by atoms with Crippen LogP contribution in [-0.4, -0.2) is 27.4 Å². The van der Waals surface area contributed by atoms with Gasteiger partial charge in [-0.25, -0.2) is 9.78 Å². The van der Waals surface area contributed by atoms with Gasteiger partial charge in [0.2, 0.25) is 0 Å². The second kappa shape index (κ2) is 3.78. The van der Waals surface area contributed by atoms with Gasteiger partial charge in [-0.2, -0.15) is 0 Å². The number of carbonyl (C=O) groups is 2. The van der Waals surface area contributed by atoms with E-state index < -0.39 is 5.54 Å². The Morgan fingerprint density at radius 2 is 2.11 bits per heavy atom. The van der Waals surface area contributed by atoms with Gasteiger partial charge in [0.05, 0.1) is 12.2 Å². The summed E-state index contributed by atoms with van der Waals surface area (Å²) in [7, 11) is 0. The van der Waals surface area contributed by atoms with E-state index in [-0.39, 0.29) is 11.9 Å². The Morgan fingerprint density at radius 1 is 1.39 bits per heavy atom. The van der Waals surface area contributed by atoms with E-state index in [0.29, 0.717) is 6.54 Å². The molecule has 3 amide bonds. The van der Waals surface area contributed by atoms with Crippen LogP contribution in [0, 0.1) is 13.8 Å². The molecule has 0 atom stereocenters. The van der Waals surface area contributed by atoms with Gasteiger partial charge in [0, 0.05) is 4.88 Å². The minimum Gasteiger partial charge on any atom is -0.323 e. The molecule has 1 aromatic heterocycles. The quantitative estimate of drug-likeness (QED) is 0.828. The molecule has 0 unspecified atom stereocenters. The number of carbonyl (C=O) groups excluding carboxylic acids is 2. The number of urea groups is 1. The Kier molecular flexibility index (Phi) is 2.45. The van der Waals surface area contributed by atoms with Crippen molar-refractivity contribution in [3.05, 3.63) is 15.6 Å². The number of hydrogen-bond donors (Lipinski definition) is 1. The van der Waals surface area contributed by atoms with Crippen molar-refractivity contribution in [2.24, 2.45) is 0 Å². The van der Waals surface area contributed by atoms with E-state index >= 15 is 0 Å². The Labute approximate surface area is 109 Å². The molecule has 2 fully saturated rings. The zero-order valence-electron chi connectivity index (χ0n) is 10.4. The Balaban J connectivity index is 1.80. The highest BCUT2D eigenvalue weighted by molar-refractivity contribution is 7.11. The van der Waals surface area contributed by atoms with Crippen LogP contribution in [0.5, 0.6) is 0 Å². The van der Waals surface area contributed by atoms with Crippen molar-refractivity contribution in [1.29, 1.82) is 0 Å². The van der Waals surface area contributed by atoms with Crippen molar-refractivity contribution in [3.63, 3.8) is 0 Å². The van der Waals surface area contributed by atoms with Crippen LogP contribution in [0.1, 0.15) is 34.8 Å². The third-order valence-electron chi connectivity index (χ3n) is 3.82. The summed E-state index contributed by atoms with van der Waals surface area (Å²) in [6.07, 6.45) is 2.54. The monoisotopic (exact) mass is 265 g/mol. The first-order chi connectivity index (χ1) is 8.52. The zero-order chi connectivity index (χ0) is 12.9. The maximum atomic E-state index is 12.2. The second-order valence-corrected chi connectivity index (χ2v) is 6.29. The van der Waals surface area contributed by atoms with Crippen molar-refractivity contribution in [2.45, 2.75) is 45.2 Å². The van der Waals surface area contributed by atoms with Gasteiger partial charge < -0.3 is 5.32 Å². The van der Waals surface area contributed by atoms with Gasteiger partial charge in [0.1, 0.15) is 10.5 Å². The summed E-state index contributed by atoms with van der Waals surface area (Å²) in [5, 5.41) is 3.65. The molecule has 1 aliphatic carbocycles. The fraction of sp³-hybridized carbons (Fsp3) is 0.583. The fourth-order valence-electron chi connectivity index (χ4n) is 2.43. The average molecular weight is 265 g/mol. The number of aromatic nitrogens is 1. The predicted octanol–water partition coefficient (Wildman–Crippen LogP) is 1.73. The van der Waals surface area contributed by atoms with E-state index in [2.05, 4.69) is 10.3 Å². The molecule has 1 saturated carbocycles. The van der Waals surface area contributed by atoms with Crippen LogP contribution in [0.3, 0.4) is 0 Å². The molecule has 1 saturated heterocycles. The van der Waals surface area contributed by atoms with Gasteiger partial charge in [-0.1, -0.05) is 0 Å². The van der Waals surface area contributed by atoms with E-state index in [1.165, 1.54) is 4.90 Å². The molecule has 1 spiro atoms. The van der Waals surface area contributed by atoms with Crippen LogP contribution in [0.2, 0.25) is 0 Å². The first kappa shape index (κ1) is 11.6. The van der Waals surface area contributed by atoms with Crippen LogP contribution < -0.4 is 5.32 Å². The summed E-state index contributed by atoms with van der Waals surface area (Å²) in [6.45, 7) is 4.23. The van der Waals surface area contributed by atoms with Crippen LogP contribution in [0.25, 0.3) is 0 Å². The van der Waals surface area contributed by atoms with Crippen LogP contribution in [-0.2, 0) is 11.3 Å². The van der Waals surface area contributed by atoms with Crippen LogP contribution in [0.4, 0.5) is 4.79 Å². The number of imide groups is 1. The number of nitrogens with zero attached hydrogens (tertiary/aromatic N) is 2. The summed E-state index contributed by atoms with van der Waals surface area (Å²) in [5.74, 6) is -0.0794. The van der Waals surface area contributed by atoms with Gasteiger partial charge in [0.15, 0.2) is 0 Å². The normalized spacial score (nSPS) is 21.3. The van der Waals surface area contributed by atoms with E-state index in [9.17, 15) is 9.59 Å². The highest BCUT2D eigenvalue weighted by Crippen LogP contribution is 2.37. The maximum absolute atomic E-state index is 12.2. The molecule has 1 aliphatic heterocycles. The van der Waals surface area contributed by atoms with Crippen molar-refractivity contribution in [1.82, 2.24) is 15.2 Å². The summed E-state index contributed by atoms with van der Waals surface area (Å²) < 4.78 is 0. The van der Waals surface area contributed by atoms with Crippen molar-refractivity contribution >= 4 is 23.3 Å². The minimum atomic E-state index is -0.585. The van der Waals surface area contributed by atoms with Gasteiger partial charge >= 0.3 is 6.03 Å². The van der Waals surface area contributed by atoms with Crippen molar-refractivity contribution in [3.8, 4) is 0 Å². The summed E-state index contributed by atoms with van der Waals surface area (Å²) in [5.41, 5.74) is 0.388. The van der Waals surface area contributed by atoms with Gasteiger partial charge in [-0.3, -0.25) is 9.69 Å². The molecule has 2 aliphatic rings. The molecule has 6 heteroatoms. The molecule has 18 heavy (non-hydrogen) atoms. The summed E-state index contributed by atoms with van der Waals surface area (Å²) >= 11 is 1.55. The molecule has 0 bridgehead atoms. The first-order valence-corrected chi connectivity index (χ1v) is 6.90. The van der Waals surface area contributed by atoms with Gasteiger partial charge in [-0.15, -0.1) is 11.3 Å². The third kappa shape index (κ3) is 1.55. The maximum Gasteiger partial charge on any atom is 0.325 e. The van der Waals surface area contributed by atoms with E-state index in [1.54, 1.807) is 11.3 Å². The van der Waals surface area contributed by atoms with Crippen molar-refractivity contribution in [2.75, 3.05) is 0 Å². The molecular formula is C12H15N3O2S. The number of hydrogen-bond acceptors (Lipinski definition) is 4. The Bertz CT molecular complexity index is 514. The topological polar surface area (TPSA) is 62.3 Å². The van der Waals surface area contributed by atoms with Crippen LogP contribution in [0.15, 0.2) is 0 Å². The predicted molar refractivity (Wildman–Crippen MR) is 67.3 cm³/mol. The lowest BCUT2D eigenvalue weighted by Gasteiger charge is -2.34. The Hall–Kier alpha value is -1.43. The number of rotatable bonds is 2. The molecular weight excluding hydrogens is 250 g/mol. The highest BCUT2D eigenvalue weighted by atomic mass is 32.1. The summed E-state index contributed by atoms with van der Waals surface area (Å²) in [4.78, 5) is 30.9.